The molecule has 0 aromatic heterocycles. The average molecular weight is 279 g/mol. The third-order valence-electron chi connectivity index (χ3n) is 3.07. The van der Waals surface area contributed by atoms with Gasteiger partial charge in [0.15, 0.2) is 6.10 Å². The van der Waals surface area contributed by atoms with E-state index in [0.29, 0.717) is 19.1 Å². The summed E-state index contributed by atoms with van der Waals surface area (Å²) < 4.78 is 10.7. The van der Waals surface area contributed by atoms with E-state index in [4.69, 9.17) is 9.47 Å². The van der Waals surface area contributed by atoms with Gasteiger partial charge in [0, 0.05) is 13.7 Å². The maximum atomic E-state index is 11.9. The number of rotatable bonds is 7. The molecule has 0 saturated carbocycles. The summed E-state index contributed by atoms with van der Waals surface area (Å²) in [7, 11) is 1.60. The lowest BCUT2D eigenvalue weighted by molar-refractivity contribution is -0.127. The fraction of sp³-hybridized carbons (Fsp3) is 0.562. The number of carbonyl (C=O) groups is 1. The quantitative estimate of drug-likeness (QED) is 0.781. The number of hydrogen-bond acceptors (Lipinski definition) is 3. The Labute approximate surface area is 121 Å². The first-order chi connectivity index (χ1) is 9.45. The van der Waals surface area contributed by atoms with Crippen molar-refractivity contribution in [3.8, 4) is 5.75 Å². The molecule has 0 bridgehead atoms. The first kappa shape index (κ1) is 16.5. The van der Waals surface area contributed by atoms with Crippen LogP contribution in [-0.4, -0.2) is 32.3 Å². The zero-order valence-electron chi connectivity index (χ0n) is 13.0. The minimum absolute atomic E-state index is 0.127. The molecule has 4 heteroatoms. The Balaban J connectivity index is 2.71. The number of aryl methyl sites for hydroxylation is 1. The van der Waals surface area contributed by atoms with Gasteiger partial charge in [-0.15, -0.1) is 0 Å². The topological polar surface area (TPSA) is 47.6 Å². The Morgan fingerprint density at radius 2 is 2.00 bits per heavy atom. The van der Waals surface area contributed by atoms with E-state index in [1.807, 2.05) is 13.0 Å². The van der Waals surface area contributed by atoms with E-state index in [2.05, 4.69) is 31.3 Å². The van der Waals surface area contributed by atoms with E-state index < -0.39 is 6.10 Å². The lowest BCUT2D eigenvalue weighted by Gasteiger charge is -2.19. The van der Waals surface area contributed by atoms with Gasteiger partial charge in [-0.05, 0) is 37.0 Å². The highest BCUT2D eigenvalue weighted by Crippen LogP contribution is 2.28. The van der Waals surface area contributed by atoms with Gasteiger partial charge in [-0.25, -0.2) is 0 Å². The van der Waals surface area contributed by atoms with Crippen molar-refractivity contribution >= 4 is 5.91 Å². The molecule has 1 aromatic rings. The van der Waals surface area contributed by atoms with Crippen molar-refractivity contribution in [3.63, 3.8) is 0 Å². The normalized spacial score (nSPS) is 12.3. The molecular weight excluding hydrogens is 254 g/mol. The molecular formula is C16H25NO3. The van der Waals surface area contributed by atoms with Crippen molar-refractivity contribution in [1.82, 2.24) is 5.32 Å². The van der Waals surface area contributed by atoms with Crippen LogP contribution in [-0.2, 0) is 9.53 Å². The zero-order valence-corrected chi connectivity index (χ0v) is 13.0. The molecule has 0 spiro atoms. The summed E-state index contributed by atoms with van der Waals surface area (Å²) in [6.45, 7) is 8.99. The molecule has 20 heavy (non-hydrogen) atoms. The van der Waals surface area contributed by atoms with Crippen molar-refractivity contribution in [2.75, 3.05) is 20.3 Å². The van der Waals surface area contributed by atoms with E-state index in [1.54, 1.807) is 14.0 Å². The fourth-order valence-corrected chi connectivity index (χ4v) is 1.88. The van der Waals surface area contributed by atoms with Gasteiger partial charge in [0.25, 0.3) is 5.91 Å². The molecule has 0 aliphatic carbocycles. The monoisotopic (exact) mass is 279 g/mol. The van der Waals surface area contributed by atoms with Crippen molar-refractivity contribution in [3.05, 3.63) is 29.3 Å². The largest absolute Gasteiger partial charge is 0.481 e. The molecule has 0 heterocycles. The second kappa shape index (κ2) is 7.90. The van der Waals surface area contributed by atoms with Gasteiger partial charge in [-0.2, -0.15) is 0 Å². The minimum atomic E-state index is -0.522. The summed E-state index contributed by atoms with van der Waals surface area (Å²) in [6, 6.07) is 6.10. The van der Waals surface area contributed by atoms with Crippen LogP contribution >= 0.6 is 0 Å². The summed E-state index contributed by atoms with van der Waals surface area (Å²) >= 11 is 0. The number of carbonyl (C=O) groups excluding carboxylic acids is 1. The number of amides is 1. The highest BCUT2D eigenvalue weighted by atomic mass is 16.5. The van der Waals surface area contributed by atoms with Crippen LogP contribution in [0.15, 0.2) is 18.2 Å². The van der Waals surface area contributed by atoms with Crippen LogP contribution in [0.5, 0.6) is 5.75 Å². The predicted molar refractivity (Wildman–Crippen MR) is 80.2 cm³/mol. The van der Waals surface area contributed by atoms with Gasteiger partial charge in [0.1, 0.15) is 5.75 Å². The first-order valence-electron chi connectivity index (χ1n) is 6.99. The molecule has 0 aliphatic rings. The summed E-state index contributed by atoms with van der Waals surface area (Å²) in [5.41, 5.74) is 2.24. The molecule has 4 nitrogen and oxygen atoms in total. The van der Waals surface area contributed by atoms with Crippen molar-refractivity contribution in [2.45, 2.75) is 39.7 Å². The summed E-state index contributed by atoms with van der Waals surface area (Å²) in [6.07, 6.45) is -0.522. The highest BCUT2D eigenvalue weighted by Gasteiger charge is 2.17. The highest BCUT2D eigenvalue weighted by molar-refractivity contribution is 5.80. The van der Waals surface area contributed by atoms with Crippen LogP contribution in [0.2, 0.25) is 0 Å². The molecule has 1 atom stereocenters. The summed E-state index contributed by atoms with van der Waals surface area (Å²) in [5.74, 6) is 1.02. The van der Waals surface area contributed by atoms with E-state index in [-0.39, 0.29) is 5.91 Å². The van der Waals surface area contributed by atoms with E-state index in [1.165, 1.54) is 0 Å². The lowest BCUT2D eigenvalue weighted by atomic mass is 10.0. The minimum Gasteiger partial charge on any atom is -0.481 e. The van der Waals surface area contributed by atoms with E-state index in [0.717, 1.165) is 16.9 Å². The van der Waals surface area contributed by atoms with Gasteiger partial charge >= 0.3 is 0 Å². The third-order valence-corrected chi connectivity index (χ3v) is 3.07. The van der Waals surface area contributed by atoms with Crippen molar-refractivity contribution in [2.24, 2.45) is 0 Å². The maximum Gasteiger partial charge on any atom is 0.260 e. The van der Waals surface area contributed by atoms with Gasteiger partial charge in [-0.3, -0.25) is 4.79 Å². The lowest BCUT2D eigenvalue weighted by Crippen LogP contribution is -2.38. The fourth-order valence-electron chi connectivity index (χ4n) is 1.88. The third kappa shape index (κ3) is 4.85. The molecule has 0 aliphatic heterocycles. The number of methoxy groups -OCH3 is 1. The van der Waals surface area contributed by atoms with Crippen LogP contribution in [0.1, 0.15) is 37.8 Å². The molecule has 0 saturated heterocycles. The maximum absolute atomic E-state index is 11.9. The van der Waals surface area contributed by atoms with Gasteiger partial charge in [0.05, 0.1) is 6.61 Å². The van der Waals surface area contributed by atoms with Gasteiger partial charge < -0.3 is 14.8 Å². The van der Waals surface area contributed by atoms with Crippen molar-refractivity contribution < 1.29 is 14.3 Å². The van der Waals surface area contributed by atoms with Crippen LogP contribution in [0, 0.1) is 6.92 Å². The van der Waals surface area contributed by atoms with Crippen LogP contribution in [0.25, 0.3) is 0 Å². The molecule has 1 amide bonds. The molecule has 0 radical (unpaired) electrons. The number of hydrogen-bond donors (Lipinski definition) is 1. The molecule has 0 fully saturated rings. The Bertz CT molecular complexity index is 443. The number of ether oxygens (including phenoxy) is 2. The van der Waals surface area contributed by atoms with E-state index >= 15 is 0 Å². The summed E-state index contributed by atoms with van der Waals surface area (Å²) in [5, 5.41) is 2.78. The Hall–Kier alpha value is -1.55. The smallest absolute Gasteiger partial charge is 0.260 e. The standard InChI is InChI=1S/C16H25NO3/c1-11(2)14-7-6-12(3)10-15(14)20-13(4)16(18)17-8-9-19-5/h6-7,10-11,13H,8-9H2,1-5H3,(H,17,18). The SMILES string of the molecule is COCCNC(=O)C(C)Oc1cc(C)ccc1C(C)C. The summed E-state index contributed by atoms with van der Waals surface area (Å²) in [4.78, 5) is 11.9. The second-order valence-corrected chi connectivity index (χ2v) is 5.24. The molecule has 1 aromatic carbocycles. The van der Waals surface area contributed by atoms with Gasteiger partial charge in [-0.1, -0.05) is 26.0 Å². The van der Waals surface area contributed by atoms with Crippen LogP contribution in [0.3, 0.4) is 0 Å². The zero-order chi connectivity index (χ0) is 15.1. The Kier molecular flexibility index (Phi) is 6.52. The molecule has 1 unspecified atom stereocenters. The van der Waals surface area contributed by atoms with Crippen molar-refractivity contribution in [1.29, 1.82) is 0 Å². The Morgan fingerprint density at radius 1 is 1.30 bits per heavy atom. The molecule has 112 valence electrons. The Morgan fingerprint density at radius 3 is 2.60 bits per heavy atom. The molecule has 1 rings (SSSR count). The molecule has 1 N–H and O–H groups in total. The van der Waals surface area contributed by atoms with E-state index in [9.17, 15) is 4.79 Å². The van der Waals surface area contributed by atoms with Crippen LogP contribution < -0.4 is 10.1 Å². The first-order valence-corrected chi connectivity index (χ1v) is 6.99. The number of benzene rings is 1. The van der Waals surface area contributed by atoms with Gasteiger partial charge in [0.2, 0.25) is 0 Å². The number of nitrogens with one attached hydrogen (secondary N) is 1. The second-order valence-electron chi connectivity index (χ2n) is 5.24. The average Bonchev–Trinajstić information content (AvgIpc) is 2.38. The predicted octanol–water partition coefficient (Wildman–Crippen LogP) is 2.65. The van der Waals surface area contributed by atoms with Crippen LogP contribution in [0.4, 0.5) is 0 Å².